The van der Waals surface area contributed by atoms with E-state index in [0.717, 1.165) is 24.1 Å². The average Bonchev–Trinajstić information content (AvgIpc) is 3.32. The molecule has 16 heteroatoms. The summed E-state index contributed by atoms with van der Waals surface area (Å²) < 4.78 is 163. The second-order valence-electron chi connectivity index (χ2n) is 11.7. The summed E-state index contributed by atoms with van der Waals surface area (Å²) in [6.45, 7) is 1.94. The highest BCUT2D eigenvalue weighted by Gasteiger charge is 2.44. The van der Waals surface area contributed by atoms with E-state index in [-0.39, 0.29) is 33.9 Å². The quantitative estimate of drug-likeness (QED) is 0.146. The lowest BCUT2D eigenvalue weighted by atomic mass is 9.91. The Kier molecular flexibility index (Phi) is 9.60. The Morgan fingerprint density at radius 1 is 0.725 bits per heavy atom. The lowest BCUT2D eigenvalue weighted by Crippen LogP contribution is -2.32. The van der Waals surface area contributed by atoms with Crippen molar-refractivity contribution in [1.82, 2.24) is 4.90 Å². The number of alkyl halides is 9. The molecule has 1 fully saturated rings. The number of carbonyl (C=O) groups is 2. The minimum atomic E-state index is -5.21. The van der Waals surface area contributed by atoms with E-state index in [2.05, 4.69) is 4.74 Å². The predicted molar refractivity (Wildman–Crippen MR) is 159 cm³/mol. The standard InChI is InChI=1S/C35H24F11NO4/c1-16-8-18(31(48)50-3)4-6-24(16)26-13-27(29(37)14-28(26)36)25-7-5-21(33(38,39)40)11-20(25)15-47-17(2)30(51-32(47)49)19-9-22(34(41,42)43)12-23(10-19)35(44,45)46/h4-14,17,30H,15H2,1-3H3/t17-,30-/m0/s1. The number of nitrogens with zero attached hydrogens (tertiary/aromatic N) is 1. The summed E-state index contributed by atoms with van der Waals surface area (Å²) >= 11 is 0. The molecule has 1 aliphatic heterocycles. The summed E-state index contributed by atoms with van der Waals surface area (Å²) in [6, 6.07) is 6.96. The Balaban J connectivity index is 1.59. The first kappa shape index (κ1) is 37.1. The highest BCUT2D eigenvalue weighted by molar-refractivity contribution is 5.91. The number of cyclic esters (lactones) is 1. The van der Waals surface area contributed by atoms with Crippen LogP contribution in [0.2, 0.25) is 0 Å². The molecule has 0 radical (unpaired) electrons. The van der Waals surface area contributed by atoms with Crippen molar-refractivity contribution in [1.29, 1.82) is 0 Å². The second-order valence-corrected chi connectivity index (χ2v) is 11.7. The van der Waals surface area contributed by atoms with E-state index in [1.807, 2.05) is 0 Å². The molecular formula is C35H24F11NO4. The molecule has 1 heterocycles. The van der Waals surface area contributed by atoms with Crippen LogP contribution in [0.15, 0.2) is 66.7 Å². The van der Waals surface area contributed by atoms with Gasteiger partial charge in [0.25, 0.3) is 0 Å². The van der Waals surface area contributed by atoms with Crippen molar-refractivity contribution in [2.24, 2.45) is 0 Å². The maximum absolute atomic E-state index is 15.5. The Labute approximate surface area is 282 Å². The average molecular weight is 732 g/mol. The molecule has 5 nitrogen and oxygen atoms in total. The van der Waals surface area contributed by atoms with Crippen LogP contribution in [0.25, 0.3) is 22.3 Å². The molecule has 2 atom stereocenters. The second kappa shape index (κ2) is 13.2. The van der Waals surface area contributed by atoms with E-state index in [1.54, 1.807) is 0 Å². The molecule has 0 spiro atoms. The molecule has 5 rings (SSSR count). The van der Waals surface area contributed by atoms with Gasteiger partial charge < -0.3 is 9.47 Å². The predicted octanol–water partition coefficient (Wildman–Crippen LogP) is 10.5. The van der Waals surface area contributed by atoms with Crippen molar-refractivity contribution in [2.75, 3.05) is 7.11 Å². The van der Waals surface area contributed by atoms with Crippen LogP contribution in [-0.4, -0.2) is 30.1 Å². The van der Waals surface area contributed by atoms with E-state index in [4.69, 9.17) is 4.74 Å². The third-order valence-electron chi connectivity index (χ3n) is 8.39. The van der Waals surface area contributed by atoms with Crippen LogP contribution >= 0.6 is 0 Å². The zero-order valence-electron chi connectivity index (χ0n) is 26.5. The molecule has 0 aromatic heterocycles. The number of benzene rings is 4. The molecule has 1 amide bonds. The molecule has 0 N–H and O–H groups in total. The summed E-state index contributed by atoms with van der Waals surface area (Å²) in [5.41, 5.74) is -5.80. The molecule has 51 heavy (non-hydrogen) atoms. The summed E-state index contributed by atoms with van der Waals surface area (Å²) in [5.74, 6) is -2.96. The Morgan fingerprint density at radius 2 is 1.27 bits per heavy atom. The summed E-state index contributed by atoms with van der Waals surface area (Å²) in [6.07, 6.45) is -18.4. The van der Waals surface area contributed by atoms with Crippen LogP contribution in [0.3, 0.4) is 0 Å². The molecule has 0 aliphatic carbocycles. The summed E-state index contributed by atoms with van der Waals surface area (Å²) in [5, 5.41) is 0. The Morgan fingerprint density at radius 3 is 1.80 bits per heavy atom. The van der Waals surface area contributed by atoms with Crippen molar-refractivity contribution in [3.05, 3.63) is 117 Å². The van der Waals surface area contributed by atoms with Crippen LogP contribution < -0.4 is 0 Å². The van der Waals surface area contributed by atoms with Gasteiger partial charge in [-0.1, -0.05) is 12.1 Å². The molecule has 1 aliphatic rings. The van der Waals surface area contributed by atoms with Crippen molar-refractivity contribution in [2.45, 2.75) is 51.1 Å². The van der Waals surface area contributed by atoms with Crippen molar-refractivity contribution < 1.29 is 67.4 Å². The van der Waals surface area contributed by atoms with Gasteiger partial charge in [-0.3, -0.25) is 4.90 Å². The number of hydrogen-bond donors (Lipinski definition) is 0. The number of amides is 1. The normalized spacial score (nSPS) is 16.7. The molecule has 0 unspecified atom stereocenters. The lowest BCUT2D eigenvalue weighted by molar-refractivity contribution is -0.143. The smallest absolute Gasteiger partial charge is 0.416 e. The molecule has 0 bridgehead atoms. The maximum Gasteiger partial charge on any atom is 0.416 e. The molecule has 0 saturated carbocycles. The first-order valence-electron chi connectivity index (χ1n) is 14.8. The minimum Gasteiger partial charge on any atom is -0.465 e. The first-order chi connectivity index (χ1) is 23.6. The van der Waals surface area contributed by atoms with Gasteiger partial charge in [-0.2, -0.15) is 39.5 Å². The molecule has 270 valence electrons. The van der Waals surface area contributed by atoms with Gasteiger partial charge in [0.05, 0.1) is 42.0 Å². The maximum atomic E-state index is 15.5. The summed E-state index contributed by atoms with van der Waals surface area (Å²) in [7, 11) is 1.15. The third kappa shape index (κ3) is 7.49. The SMILES string of the molecule is COC(=O)c1ccc(-c2cc(-c3ccc(C(F)(F)F)cc3CN3C(=O)O[C@H](c4cc(C(F)(F)F)cc(C(F)(F)F)c4)[C@@H]3C)c(F)cc2F)c(C)c1. The number of halogens is 11. The van der Waals surface area contributed by atoms with Gasteiger partial charge in [-0.25, -0.2) is 18.4 Å². The van der Waals surface area contributed by atoms with Crippen LogP contribution in [0, 0.1) is 18.6 Å². The number of carbonyl (C=O) groups excluding carboxylic acids is 2. The van der Waals surface area contributed by atoms with Gasteiger partial charge >= 0.3 is 30.6 Å². The third-order valence-corrected chi connectivity index (χ3v) is 8.39. The van der Waals surface area contributed by atoms with Crippen LogP contribution in [0.4, 0.5) is 53.1 Å². The van der Waals surface area contributed by atoms with Gasteiger partial charge in [0.2, 0.25) is 0 Å². The molecule has 4 aromatic carbocycles. The van der Waals surface area contributed by atoms with Crippen molar-refractivity contribution in [3.8, 4) is 22.3 Å². The van der Waals surface area contributed by atoms with E-state index in [9.17, 15) is 49.1 Å². The van der Waals surface area contributed by atoms with Crippen LogP contribution in [-0.2, 0) is 34.5 Å². The van der Waals surface area contributed by atoms with E-state index in [1.165, 1.54) is 32.0 Å². The number of esters is 1. The topological polar surface area (TPSA) is 55.8 Å². The summed E-state index contributed by atoms with van der Waals surface area (Å²) in [4.78, 5) is 25.7. The van der Waals surface area contributed by atoms with Crippen molar-refractivity contribution in [3.63, 3.8) is 0 Å². The molecular weight excluding hydrogens is 707 g/mol. The van der Waals surface area contributed by atoms with Gasteiger partial charge in [0.15, 0.2) is 0 Å². The van der Waals surface area contributed by atoms with Crippen LogP contribution in [0.5, 0.6) is 0 Å². The monoisotopic (exact) mass is 731 g/mol. The fourth-order valence-electron chi connectivity index (χ4n) is 5.82. The lowest BCUT2D eigenvalue weighted by Gasteiger charge is -2.24. The fraction of sp³-hybridized carbons (Fsp3) is 0.257. The van der Waals surface area contributed by atoms with Crippen molar-refractivity contribution >= 4 is 12.1 Å². The molecule has 4 aromatic rings. The Hall–Kier alpha value is -5.15. The van der Waals surface area contributed by atoms with Gasteiger partial charge in [-0.15, -0.1) is 0 Å². The molecule has 1 saturated heterocycles. The number of hydrogen-bond acceptors (Lipinski definition) is 4. The van der Waals surface area contributed by atoms with Crippen LogP contribution in [0.1, 0.15) is 56.8 Å². The van der Waals surface area contributed by atoms with E-state index >= 15 is 8.78 Å². The largest absolute Gasteiger partial charge is 0.465 e. The van der Waals surface area contributed by atoms with E-state index in [0.29, 0.717) is 35.9 Å². The highest BCUT2D eigenvalue weighted by Crippen LogP contribution is 2.43. The fourth-order valence-corrected chi connectivity index (χ4v) is 5.82. The number of methoxy groups -OCH3 is 1. The van der Waals surface area contributed by atoms with E-state index < -0.39 is 88.7 Å². The van der Waals surface area contributed by atoms with Gasteiger partial charge in [-0.05, 0) is 90.2 Å². The Bertz CT molecular complexity index is 1990. The highest BCUT2D eigenvalue weighted by atomic mass is 19.4. The van der Waals surface area contributed by atoms with Gasteiger partial charge in [0.1, 0.15) is 17.7 Å². The van der Waals surface area contributed by atoms with Gasteiger partial charge in [0, 0.05) is 17.2 Å². The zero-order valence-corrected chi connectivity index (χ0v) is 26.5. The minimum absolute atomic E-state index is 0.113. The number of ether oxygens (including phenoxy) is 2. The number of aryl methyl sites for hydroxylation is 1. The first-order valence-corrected chi connectivity index (χ1v) is 14.8. The number of rotatable bonds is 6. The zero-order chi connectivity index (χ0) is 37.8.